The van der Waals surface area contributed by atoms with Crippen molar-refractivity contribution < 1.29 is 18.8 Å². The van der Waals surface area contributed by atoms with Gasteiger partial charge in [0, 0.05) is 30.3 Å². The lowest BCUT2D eigenvalue weighted by molar-refractivity contribution is -0.136. The molecule has 28 heavy (non-hydrogen) atoms. The molecule has 0 radical (unpaired) electrons. The van der Waals surface area contributed by atoms with Gasteiger partial charge in [0.2, 0.25) is 5.78 Å². The van der Waals surface area contributed by atoms with E-state index in [2.05, 4.69) is 10.6 Å². The molecule has 0 atom stereocenters. The lowest BCUT2D eigenvalue weighted by Crippen LogP contribution is -2.34. The van der Waals surface area contributed by atoms with Gasteiger partial charge >= 0.3 is 11.8 Å². The Bertz CT molecular complexity index is 975. The first-order valence-electron chi connectivity index (χ1n) is 8.47. The van der Waals surface area contributed by atoms with E-state index >= 15 is 0 Å². The topological polar surface area (TPSA) is 91.7 Å². The van der Waals surface area contributed by atoms with Gasteiger partial charge in [0.15, 0.2) is 5.76 Å². The molecule has 0 unspecified atom stereocenters. The first-order valence-corrected chi connectivity index (χ1v) is 9.29. The molecule has 0 saturated heterocycles. The summed E-state index contributed by atoms with van der Waals surface area (Å²) in [6.07, 6.45) is 1.44. The molecular formula is C20H19N3O4S. The van der Waals surface area contributed by atoms with Crippen molar-refractivity contribution in [3.05, 3.63) is 70.3 Å². The Labute approximate surface area is 166 Å². The SMILES string of the molecule is CN(C)c1ccc(NC(=O)C(=O)NCc2ccc(C(=O)c3ccco3)s2)cc1. The number of nitrogens with zero attached hydrogens (tertiary/aromatic N) is 1. The van der Waals surface area contributed by atoms with Crippen LogP contribution in [0.15, 0.2) is 59.2 Å². The number of hydrogen-bond donors (Lipinski definition) is 2. The number of rotatable bonds is 6. The fourth-order valence-corrected chi connectivity index (χ4v) is 3.29. The van der Waals surface area contributed by atoms with Gasteiger partial charge in [-0.3, -0.25) is 14.4 Å². The summed E-state index contributed by atoms with van der Waals surface area (Å²) in [5.74, 6) is -1.45. The van der Waals surface area contributed by atoms with Gasteiger partial charge in [0.25, 0.3) is 0 Å². The van der Waals surface area contributed by atoms with Gasteiger partial charge in [-0.15, -0.1) is 11.3 Å². The summed E-state index contributed by atoms with van der Waals surface area (Å²) in [6.45, 7) is 0.155. The van der Waals surface area contributed by atoms with Crippen LogP contribution in [0.25, 0.3) is 0 Å². The van der Waals surface area contributed by atoms with E-state index in [1.165, 1.54) is 17.6 Å². The van der Waals surface area contributed by atoms with Gasteiger partial charge in [0.1, 0.15) is 0 Å². The molecule has 7 nitrogen and oxygen atoms in total. The summed E-state index contributed by atoms with van der Waals surface area (Å²) in [6, 6.07) is 13.8. The first-order chi connectivity index (χ1) is 13.4. The van der Waals surface area contributed by atoms with E-state index in [1.54, 1.807) is 36.4 Å². The van der Waals surface area contributed by atoms with Crippen LogP contribution in [0.4, 0.5) is 11.4 Å². The van der Waals surface area contributed by atoms with E-state index in [9.17, 15) is 14.4 Å². The number of ketones is 1. The van der Waals surface area contributed by atoms with Crippen molar-refractivity contribution >= 4 is 40.3 Å². The summed E-state index contributed by atoms with van der Waals surface area (Å²) in [4.78, 5) is 39.4. The number of thiophene rings is 1. The van der Waals surface area contributed by atoms with Crippen LogP contribution >= 0.6 is 11.3 Å². The highest BCUT2D eigenvalue weighted by Crippen LogP contribution is 2.20. The maximum Gasteiger partial charge on any atom is 0.313 e. The van der Waals surface area contributed by atoms with Gasteiger partial charge in [-0.1, -0.05) is 0 Å². The van der Waals surface area contributed by atoms with Crippen LogP contribution in [-0.4, -0.2) is 31.7 Å². The van der Waals surface area contributed by atoms with Gasteiger partial charge in [-0.25, -0.2) is 0 Å². The molecule has 144 valence electrons. The zero-order valence-corrected chi connectivity index (χ0v) is 16.2. The van der Waals surface area contributed by atoms with Crippen LogP contribution in [0.2, 0.25) is 0 Å². The number of carbonyl (C=O) groups is 3. The molecule has 0 aliphatic heterocycles. The number of benzene rings is 1. The minimum atomic E-state index is -0.749. The zero-order valence-electron chi connectivity index (χ0n) is 15.4. The second kappa shape index (κ2) is 8.53. The van der Waals surface area contributed by atoms with Crippen molar-refractivity contribution in [3.8, 4) is 0 Å². The fourth-order valence-electron chi connectivity index (χ4n) is 2.40. The van der Waals surface area contributed by atoms with E-state index in [4.69, 9.17) is 4.42 Å². The molecule has 2 amide bonds. The molecule has 3 aromatic rings. The summed E-state index contributed by atoms with van der Waals surface area (Å²) in [5, 5.41) is 5.11. The Balaban J connectivity index is 1.52. The van der Waals surface area contributed by atoms with Crippen LogP contribution in [0.1, 0.15) is 20.3 Å². The summed E-state index contributed by atoms with van der Waals surface area (Å²) >= 11 is 1.24. The first kappa shape index (κ1) is 19.4. The van der Waals surface area contributed by atoms with Gasteiger partial charge in [-0.2, -0.15) is 0 Å². The predicted octanol–water partition coefficient (Wildman–Crippen LogP) is 2.89. The van der Waals surface area contributed by atoms with Crippen molar-refractivity contribution in [1.29, 1.82) is 0 Å². The van der Waals surface area contributed by atoms with Crippen LogP contribution in [0, 0.1) is 0 Å². The Hall–Kier alpha value is -3.39. The average Bonchev–Trinajstić information content (AvgIpc) is 3.38. The lowest BCUT2D eigenvalue weighted by Gasteiger charge is -2.13. The monoisotopic (exact) mass is 397 g/mol. The number of furan rings is 1. The maximum absolute atomic E-state index is 12.2. The number of carbonyl (C=O) groups excluding carboxylic acids is 3. The molecule has 0 spiro atoms. The molecule has 2 N–H and O–H groups in total. The molecule has 0 aliphatic carbocycles. The quantitative estimate of drug-likeness (QED) is 0.493. The second-order valence-corrected chi connectivity index (χ2v) is 7.32. The van der Waals surface area contributed by atoms with E-state index in [-0.39, 0.29) is 18.1 Å². The third-order valence-corrected chi connectivity index (χ3v) is 4.99. The van der Waals surface area contributed by atoms with Crippen LogP contribution in [0.5, 0.6) is 0 Å². The minimum Gasteiger partial charge on any atom is -0.461 e. The molecule has 8 heteroatoms. The second-order valence-electron chi connectivity index (χ2n) is 6.15. The highest BCUT2D eigenvalue weighted by Gasteiger charge is 2.16. The molecule has 3 rings (SSSR count). The van der Waals surface area contributed by atoms with Crippen molar-refractivity contribution in [2.45, 2.75) is 6.54 Å². The van der Waals surface area contributed by atoms with Gasteiger partial charge < -0.3 is 20.0 Å². The molecule has 0 saturated carbocycles. The van der Waals surface area contributed by atoms with Crippen LogP contribution in [0.3, 0.4) is 0 Å². The zero-order chi connectivity index (χ0) is 20.1. The Morgan fingerprint density at radius 1 is 1.00 bits per heavy atom. The van der Waals surface area contributed by atoms with E-state index < -0.39 is 11.8 Å². The van der Waals surface area contributed by atoms with Crippen molar-refractivity contribution in [2.24, 2.45) is 0 Å². The number of nitrogens with one attached hydrogen (secondary N) is 2. The highest BCUT2D eigenvalue weighted by atomic mass is 32.1. The summed E-state index contributed by atoms with van der Waals surface area (Å²) in [5.41, 5.74) is 1.52. The molecule has 0 aliphatic rings. The normalized spacial score (nSPS) is 10.4. The van der Waals surface area contributed by atoms with E-state index in [0.717, 1.165) is 10.6 Å². The van der Waals surface area contributed by atoms with Crippen molar-refractivity contribution in [3.63, 3.8) is 0 Å². The smallest absolute Gasteiger partial charge is 0.313 e. The van der Waals surface area contributed by atoms with Crippen molar-refractivity contribution in [1.82, 2.24) is 5.32 Å². The Morgan fingerprint density at radius 3 is 2.39 bits per heavy atom. The number of amides is 2. The highest BCUT2D eigenvalue weighted by molar-refractivity contribution is 7.14. The largest absolute Gasteiger partial charge is 0.461 e. The van der Waals surface area contributed by atoms with E-state index in [0.29, 0.717) is 10.6 Å². The molecular weight excluding hydrogens is 378 g/mol. The molecule has 1 aromatic carbocycles. The molecule has 0 fully saturated rings. The Kier molecular flexibility index (Phi) is 5.90. The van der Waals surface area contributed by atoms with Crippen LogP contribution < -0.4 is 15.5 Å². The van der Waals surface area contributed by atoms with Gasteiger partial charge in [0.05, 0.1) is 17.7 Å². The van der Waals surface area contributed by atoms with Gasteiger partial charge in [-0.05, 0) is 48.5 Å². The third-order valence-electron chi connectivity index (χ3n) is 3.90. The minimum absolute atomic E-state index is 0.155. The lowest BCUT2D eigenvalue weighted by atomic mass is 10.2. The predicted molar refractivity (Wildman–Crippen MR) is 108 cm³/mol. The standard InChI is InChI=1S/C20H19N3O4S/c1-23(2)14-7-5-13(6-8-14)22-20(26)19(25)21-12-15-9-10-17(28-15)18(24)16-4-3-11-27-16/h3-11H,12H2,1-2H3,(H,21,25)(H,22,26). The van der Waals surface area contributed by atoms with Crippen molar-refractivity contribution in [2.75, 3.05) is 24.3 Å². The fraction of sp³-hybridized carbons (Fsp3) is 0.150. The number of hydrogen-bond acceptors (Lipinski definition) is 6. The summed E-state index contributed by atoms with van der Waals surface area (Å²) < 4.78 is 5.10. The molecule has 2 aromatic heterocycles. The number of anilines is 2. The average molecular weight is 397 g/mol. The molecule has 0 bridgehead atoms. The van der Waals surface area contributed by atoms with Crippen LogP contribution in [-0.2, 0) is 16.1 Å². The Morgan fingerprint density at radius 2 is 1.75 bits per heavy atom. The van der Waals surface area contributed by atoms with E-state index in [1.807, 2.05) is 31.1 Å². The molecule has 2 heterocycles. The third kappa shape index (κ3) is 4.66. The summed E-state index contributed by atoms with van der Waals surface area (Å²) in [7, 11) is 3.83. The maximum atomic E-state index is 12.2.